The minimum Gasteiger partial charge on any atom is -0.497 e. The van der Waals surface area contributed by atoms with Crippen molar-refractivity contribution in [3.63, 3.8) is 0 Å². The molecule has 0 unspecified atom stereocenters. The molecule has 3 rings (SSSR count). The lowest BCUT2D eigenvalue weighted by Crippen LogP contribution is -1.97. The molecular weight excluding hydrogens is 202 g/mol. The highest BCUT2D eigenvalue weighted by molar-refractivity contribution is 5.84. The summed E-state index contributed by atoms with van der Waals surface area (Å²) in [6.07, 6.45) is 2.50. The molecule has 0 amide bonds. The Hall–Kier alpha value is -1.48. The molecule has 0 saturated heterocycles. The largest absolute Gasteiger partial charge is 0.497 e. The Morgan fingerprint density at radius 2 is 2.25 bits per heavy atom. The van der Waals surface area contributed by atoms with Crippen LogP contribution in [0.5, 0.6) is 5.75 Å². The molecule has 2 aromatic rings. The van der Waals surface area contributed by atoms with Crippen LogP contribution in [0.25, 0.3) is 11.0 Å². The fraction of sp³-hybridized carbons (Fsp3) is 0.385. The zero-order valence-electron chi connectivity index (χ0n) is 9.32. The van der Waals surface area contributed by atoms with Gasteiger partial charge in [0.1, 0.15) is 17.1 Å². The standard InChI is InChI=1S/C13H15NO2/c1-15-9-4-5-11-10(6-9)13(8-2-3-8)12(7-14)16-11/h4-6,8H,2-3,7,14H2,1H3. The summed E-state index contributed by atoms with van der Waals surface area (Å²) < 4.78 is 11.0. The van der Waals surface area contributed by atoms with Gasteiger partial charge in [0.15, 0.2) is 0 Å². The number of methoxy groups -OCH3 is 1. The fourth-order valence-electron chi connectivity index (χ4n) is 2.24. The predicted molar refractivity (Wildman–Crippen MR) is 62.6 cm³/mol. The van der Waals surface area contributed by atoms with Crippen molar-refractivity contribution >= 4 is 11.0 Å². The Bertz CT molecular complexity index is 526. The number of hydrogen-bond donors (Lipinski definition) is 1. The second-order valence-corrected chi connectivity index (χ2v) is 4.28. The molecule has 1 aromatic carbocycles. The average Bonchev–Trinajstić information content (AvgIpc) is 3.09. The summed E-state index contributed by atoms with van der Waals surface area (Å²) in [6, 6.07) is 5.92. The van der Waals surface area contributed by atoms with Crippen molar-refractivity contribution in [3.8, 4) is 5.75 Å². The quantitative estimate of drug-likeness (QED) is 0.860. The maximum atomic E-state index is 5.77. The lowest BCUT2D eigenvalue weighted by Gasteiger charge is -2.00. The van der Waals surface area contributed by atoms with Crippen LogP contribution < -0.4 is 10.5 Å². The van der Waals surface area contributed by atoms with Gasteiger partial charge < -0.3 is 14.9 Å². The first-order chi connectivity index (χ1) is 7.83. The van der Waals surface area contributed by atoms with Crippen molar-refractivity contribution in [1.82, 2.24) is 0 Å². The monoisotopic (exact) mass is 217 g/mol. The van der Waals surface area contributed by atoms with Crippen LogP contribution in [0.4, 0.5) is 0 Å². The molecule has 0 aliphatic heterocycles. The Morgan fingerprint density at radius 3 is 2.88 bits per heavy atom. The van der Waals surface area contributed by atoms with Crippen molar-refractivity contribution in [1.29, 1.82) is 0 Å². The molecule has 1 aliphatic carbocycles. The van der Waals surface area contributed by atoms with Crippen LogP contribution in [0.2, 0.25) is 0 Å². The molecule has 3 nitrogen and oxygen atoms in total. The van der Waals surface area contributed by atoms with Gasteiger partial charge in [0.2, 0.25) is 0 Å². The van der Waals surface area contributed by atoms with Crippen molar-refractivity contribution in [2.75, 3.05) is 7.11 Å². The molecule has 0 bridgehead atoms. The summed E-state index contributed by atoms with van der Waals surface area (Å²) in [7, 11) is 1.68. The Balaban J connectivity index is 2.24. The topological polar surface area (TPSA) is 48.4 Å². The zero-order chi connectivity index (χ0) is 11.1. The van der Waals surface area contributed by atoms with E-state index in [2.05, 4.69) is 0 Å². The van der Waals surface area contributed by atoms with Crippen LogP contribution in [-0.2, 0) is 6.54 Å². The third-order valence-electron chi connectivity index (χ3n) is 3.18. The average molecular weight is 217 g/mol. The normalized spacial score (nSPS) is 15.6. The molecule has 0 atom stereocenters. The summed E-state index contributed by atoms with van der Waals surface area (Å²) in [5.41, 5.74) is 7.95. The Morgan fingerprint density at radius 1 is 1.44 bits per heavy atom. The van der Waals surface area contributed by atoms with Crippen LogP contribution in [0.1, 0.15) is 30.1 Å². The first-order valence-corrected chi connectivity index (χ1v) is 5.63. The maximum Gasteiger partial charge on any atom is 0.134 e. The van der Waals surface area contributed by atoms with E-state index in [0.717, 1.165) is 17.1 Å². The molecule has 1 aromatic heterocycles. The highest BCUT2D eigenvalue weighted by atomic mass is 16.5. The van der Waals surface area contributed by atoms with Crippen molar-refractivity contribution < 1.29 is 9.15 Å². The lowest BCUT2D eigenvalue weighted by molar-refractivity contribution is 0.415. The molecule has 1 saturated carbocycles. The molecule has 1 fully saturated rings. The number of benzene rings is 1. The van der Waals surface area contributed by atoms with Crippen molar-refractivity contribution in [2.45, 2.75) is 25.3 Å². The van der Waals surface area contributed by atoms with E-state index in [0.29, 0.717) is 12.5 Å². The lowest BCUT2D eigenvalue weighted by atomic mass is 10.1. The van der Waals surface area contributed by atoms with E-state index in [4.69, 9.17) is 14.9 Å². The third kappa shape index (κ3) is 1.39. The van der Waals surface area contributed by atoms with Crippen LogP contribution >= 0.6 is 0 Å². The van der Waals surface area contributed by atoms with Gasteiger partial charge in [-0.1, -0.05) is 0 Å². The predicted octanol–water partition coefficient (Wildman–Crippen LogP) is 2.78. The van der Waals surface area contributed by atoms with Gasteiger partial charge in [-0.3, -0.25) is 0 Å². The molecule has 16 heavy (non-hydrogen) atoms. The first kappa shape index (κ1) is 9.73. The number of rotatable bonds is 3. The summed E-state index contributed by atoms with van der Waals surface area (Å²) in [6.45, 7) is 0.475. The van der Waals surface area contributed by atoms with Gasteiger partial charge in [0, 0.05) is 10.9 Å². The number of fused-ring (bicyclic) bond motifs is 1. The van der Waals surface area contributed by atoms with Crippen LogP contribution in [0.3, 0.4) is 0 Å². The molecule has 2 N–H and O–H groups in total. The minimum absolute atomic E-state index is 0.475. The van der Waals surface area contributed by atoms with Gasteiger partial charge in [-0.2, -0.15) is 0 Å². The zero-order valence-corrected chi connectivity index (χ0v) is 9.32. The van der Waals surface area contributed by atoms with E-state index in [1.54, 1.807) is 7.11 Å². The second-order valence-electron chi connectivity index (χ2n) is 4.28. The molecule has 0 spiro atoms. The molecule has 84 valence electrons. The van der Waals surface area contributed by atoms with Gasteiger partial charge in [0.25, 0.3) is 0 Å². The first-order valence-electron chi connectivity index (χ1n) is 5.63. The summed E-state index contributed by atoms with van der Waals surface area (Å²) in [5.74, 6) is 2.46. The van der Waals surface area contributed by atoms with Crippen molar-refractivity contribution in [3.05, 3.63) is 29.5 Å². The fourth-order valence-corrected chi connectivity index (χ4v) is 2.24. The highest BCUT2D eigenvalue weighted by Crippen LogP contribution is 2.46. The highest BCUT2D eigenvalue weighted by Gasteiger charge is 2.30. The molecule has 1 heterocycles. The minimum atomic E-state index is 0.475. The van der Waals surface area contributed by atoms with E-state index >= 15 is 0 Å². The van der Waals surface area contributed by atoms with E-state index in [9.17, 15) is 0 Å². The van der Waals surface area contributed by atoms with Crippen LogP contribution in [0, 0.1) is 0 Å². The summed E-state index contributed by atoms with van der Waals surface area (Å²) in [4.78, 5) is 0. The van der Waals surface area contributed by atoms with E-state index in [1.807, 2.05) is 18.2 Å². The number of furan rings is 1. The molecular formula is C13H15NO2. The SMILES string of the molecule is COc1ccc2oc(CN)c(C3CC3)c2c1. The van der Waals surface area contributed by atoms with Crippen molar-refractivity contribution in [2.24, 2.45) is 5.73 Å². The number of ether oxygens (including phenoxy) is 1. The third-order valence-corrected chi connectivity index (χ3v) is 3.18. The van der Waals surface area contributed by atoms with Gasteiger partial charge >= 0.3 is 0 Å². The summed E-state index contributed by atoms with van der Waals surface area (Å²) >= 11 is 0. The number of hydrogen-bond acceptors (Lipinski definition) is 3. The Kier molecular flexibility index (Phi) is 2.14. The molecule has 1 aliphatic rings. The Labute approximate surface area is 94.2 Å². The maximum absolute atomic E-state index is 5.77. The van der Waals surface area contributed by atoms with Crippen LogP contribution in [-0.4, -0.2) is 7.11 Å². The van der Waals surface area contributed by atoms with Crippen LogP contribution in [0.15, 0.2) is 22.6 Å². The van der Waals surface area contributed by atoms with Gasteiger partial charge in [-0.15, -0.1) is 0 Å². The molecule has 0 radical (unpaired) electrons. The van der Waals surface area contributed by atoms with E-state index in [1.165, 1.54) is 23.8 Å². The molecule has 3 heteroatoms. The van der Waals surface area contributed by atoms with Gasteiger partial charge in [-0.25, -0.2) is 0 Å². The summed E-state index contributed by atoms with van der Waals surface area (Å²) in [5, 5.41) is 1.17. The van der Waals surface area contributed by atoms with Gasteiger partial charge in [0.05, 0.1) is 13.7 Å². The van der Waals surface area contributed by atoms with Gasteiger partial charge in [-0.05, 0) is 37.0 Å². The number of nitrogens with two attached hydrogens (primary N) is 1. The van der Waals surface area contributed by atoms with E-state index < -0.39 is 0 Å². The smallest absolute Gasteiger partial charge is 0.134 e. The van der Waals surface area contributed by atoms with E-state index in [-0.39, 0.29) is 0 Å². The second kappa shape index (κ2) is 3.52.